The lowest BCUT2D eigenvalue weighted by Crippen LogP contribution is -2.38. The molecule has 0 spiro atoms. The third-order valence-corrected chi connectivity index (χ3v) is 5.13. The maximum Gasteiger partial charge on any atom is 0.338 e. The molecule has 0 aliphatic carbocycles. The summed E-state index contributed by atoms with van der Waals surface area (Å²) in [7, 11) is 3.25. The number of benzene rings is 1. The van der Waals surface area contributed by atoms with Crippen molar-refractivity contribution in [3.63, 3.8) is 0 Å². The zero-order chi connectivity index (χ0) is 21.3. The van der Waals surface area contributed by atoms with Crippen molar-refractivity contribution < 1.29 is 4.79 Å². The Morgan fingerprint density at radius 1 is 1.17 bits per heavy atom. The van der Waals surface area contributed by atoms with E-state index < -0.39 is 11.7 Å². The minimum Gasteiger partial charge on any atom is -0.327 e. The number of pyridine rings is 1. The highest BCUT2D eigenvalue weighted by molar-refractivity contribution is 6.30. The number of nitrogens with zero attached hydrogens (tertiary/aromatic N) is 6. The van der Waals surface area contributed by atoms with E-state index in [1.807, 2.05) is 30.3 Å². The van der Waals surface area contributed by atoms with Crippen molar-refractivity contribution in [2.75, 3.05) is 13.6 Å². The van der Waals surface area contributed by atoms with Crippen LogP contribution in [0.3, 0.4) is 0 Å². The summed E-state index contributed by atoms with van der Waals surface area (Å²) in [5.74, 6) is 0.437. The van der Waals surface area contributed by atoms with Gasteiger partial charge in [0.25, 0.3) is 0 Å². The summed E-state index contributed by atoms with van der Waals surface area (Å²) in [5, 5.41) is 0.663. The van der Waals surface area contributed by atoms with Crippen LogP contribution in [0.2, 0.25) is 5.02 Å². The fourth-order valence-electron chi connectivity index (χ4n) is 3.15. The van der Waals surface area contributed by atoms with Gasteiger partial charge in [-0.3, -0.25) is 9.55 Å². The molecule has 0 saturated heterocycles. The number of halogens is 1. The van der Waals surface area contributed by atoms with Crippen LogP contribution >= 0.6 is 11.6 Å². The van der Waals surface area contributed by atoms with Crippen LogP contribution in [0.4, 0.5) is 4.79 Å². The molecule has 3 heterocycles. The number of aromatic nitrogens is 5. The lowest BCUT2D eigenvalue weighted by atomic mass is 10.1. The molecule has 0 atom stereocenters. The van der Waals surface area contributed by atoms with E-state index in [1.54, 1.807) is 32.6 Å². The molecule has 0 unspecified atom stereocenters. The second-order valence-corrected chi connectivity index (χ2v) is 7.34. The average Bonchev–Trinajstić information content (AvgIpc) is 3.03. The first-order valence-corrected chi connectivity index (χ1v) is 9.68. The van der Waals surface area contributed by atoms with Crippen LogP contribution in [0.25, 0.3) is 22.6 Å². The Morgan fingerprint density at radius 3 is 2.63 bits per heavy atom. The second-order valence-electron chi connectivity index (χ2n) is 6.90. The molecule has 0 fully saturated rings. The molecule has 1 amide bonds. The van der Waals surface area contributed by atoms with Gasteiger partial charge >= 0.3 is 11.7 Å². The SMILES string of the molecule is CN(CCc1ccc(Cl)cc1)C(=O)n1c(=O)n(C)c2nc(-c3cccnc3)ncc21. The van der Waals surface area contributed by atoms with Crippen LogP contribution < -0.4 is 5.69 Å². The zero-order valence-corrected chi connectivity index (χ0v) is 17.2. The molecule has 3 aromatic heterocycles. The molecule has 0 aliphatic heterocycles. The van der Waals surface area contributed by atoms with Gasteiger partial charge in [-0.1, -0.05) is 23.7 Å². The fourth-order valence-corrected chi connectivity index (χ4v) is 3.27. The third-order valence-electron chi connectivity index (χ3n) is 4.87. The van der Waals surface area contributed by atoms with Crippen LogP contribution in [0, 0.1) is 0 Å². The summed E-state index contributed by atoms with van der Waals surface area (Å²) in [6, 6.07) is 10.6. The Balaban J connectivity index is 1.63. The molecule has 0 radical (unpaired) electrons. The number of carbonyl (C=O) groups is 1. The summed E-state index contributed by atoms with van der Waals surface area (Å²) in [5.41, 5.74) is 2.05. The van der Waals surface area contributed by atoms with Crippen molar-refractivity contribution in [1.82, 2.24) is 29.0 Å². The van der Waals surface area contributed by atoms with Crippen molar-refractivity contribution >= 4 is 28.8 Å². The second kappa shape index (κ2) is 8.08. The van der Waals surface area contributed by atoms with Crippen molar-refractivity contribution in [1.29, 1.82) is 0 Å². The summed E-state index contributed by atoms with van der Waals surface area (Å²) in [6.45, 7) is 0.442. The van der Waals surface area contributed by atoms with Crippen molar-refractivity contribution in [3.8, 4) is 11.4 Å². The Hall–Kier alpha value is -3.52. The van der Waals surface area contributed by atoms with E-state index in [4.69, 9.17) is 11.6 Å². The first kappa shape index (κ1) is 19.8. The van der Waals surface area contributed by atoms with Gasteiger partial charge in [0, 0.05) is 43.6 Å². The average molecular weight is 423 g/mol. The molecular formula is C21H19ClN6O2. The Kier molecular flexibility index (Phi) is 5.33. The van der Waals surface area contributed by atoms with Gasteiger partial charge in [0.1, 0.15) is 5.52 Å². The molecule has 0 aliphatic rings. The highest BCUT2D eigenvalue weighted by Gasteiger charge is 2.21. The molecule has 30 heavy (non-hydrogen) atoms. The van der Waals surface area contributed by atoms with Gasteiger partial charge in [0.2, 0.25) is 0 Å². The third kappa shape index (κ3) is 3.69. The van der Waals surface area contributed by atoms with Crippen LogP contribution in [0.5, 0.6) is 0 Å². The topological polar surface area (TPSA) is 85.9 Å². The van der Waals surface area contributed by atoms with E-state index in [2.05, 4.69) is 15.0 Å². The number of rotatable bonds is 4. The number of carbonyl (C=O) groups excluding carboxylic acids is 1. The Labute approximate surface area is 177 Å². The summed E-state index contributed by atoms with van der Waals surface area (Å²) < 4.78 is 2.45. The predicted molar refractivity (Wildman–Crippen MR) is 115 cm³/mol. The standard InChI is InChI=1S/C21H19ClN6O2/c1-26(11-9-14-5-7-16(22)8-6-14)20(29)28-17-13-24-18(15-4-3-10-23-12-15)25-19(17)27(2)21(28)30/h3-8,10,12-13H,9,11H2,1-2H3. The maximum atomic E-state index is 13.0. The number of aryl methyl sites for hydroxylation is 1. The molecule has 152 valence electrons. The van der Waals surface area contributed by atoms with Gasteiger partial charge < -0.3 is 4.90 Å². The Morgan fingerprint density at radius 2 is 1.93 bits per heavy atom. The zero-order valence-electron chi connectivity index (χ0n) is 16.5. The van der Waals surface area contributed by atoms with E-state index in [1.165, 1.54) is 15.7 Å². The number of hydrogen-bond acceptors (Lipinski definition) is 5. The van der Waals surface area contributed by atoms with Gasteiger partial charge in [0.15, 0.2) is 11.5 Å². The van der Waals surface area contributed by atoms with E-state index in [0.29, 0.717) is 35.0 Å². The monoisotopic (exact) mass is 422 g/mol. The van der Waals surface area contributed by atoms with Crippen LogP contribution in [-0.4, -0.2) is 48.6 Å². The van der Waals surface area contributed by atoms with Gasteiger partial charge in [0.05, 0.1) is 6.20 Å². The lowest BCUT2D eigenvalue weighted by molar-refractivity contribution is 0.211. The van der Waals surface area contributed by atoms with E-state index >= 15 is 0 Å². The molecule has 0 saturated carbocycles. The van der Waals surface area contributed by atoms with Crippen LogP contribution in [0.1, 0.15) is 5.56 Å². The molecule has 8 nitrogen and oxygen atoms in total. The predicted octanol–water partition coefficient (Wildman–Crippen LogP) is 2.99. The highest BCUT2D eigenvalue weighted by atomic mass is 35.5. The molecule has 0 bridgehead atoms. The Bertz CT molecular complexity index is 1260. The van der Waals surface area contributed by atoms with E-state index in [0.717, 1.165) is 15.7 Å². The summed E-state index contributed by atoms with van der Waals surface area (Å²) in [6.07, 6.45) is 5.44. The van der Waals surface area contributed by atoms with Crippen LogP contribution in [0.15, 0.2) is 59.8 Å². The number of likely N-dealkylation sites (N-methyl/N-ethyl adjacent to an activating group) is 1. The molecule has 9 heteroatoms. The van der Waals surface area contributed by atoms with Gasteiger partial charge in [-0.25, -0.2) is 24.1 Å². The van der Waals surface area contributed by atoms with Gasteiger partial charge in [-0.15, -0.1) is 0 Å². The number of imidazole rings is 1. The first-order chi connectivity index (χ1) is 14.5. The molecule has 4 rings (SSSR count). The fraction of sp³-hybridized carbons (Fsp3) is 0.190. The van der Waals surface area contributed by atoms with Crippen molar-refractivity contribution in [2.24, 2.45) is 7.05 Å². The molecular weight excluding hydrogens is 404 g/mol. The summed E-state index contributed by atoms with van der Waals surface area (Å²) >= 11 is 5.91. The largest absolute Gasteiger partial charge is 0.338 e. The minimum absolute atomic E-state index is 0.360. The highest BCUT2D eigenvalue weighted by Crippen LogP contribution is 2.17. The molecule has 0 N–H and O–H groups in total. The van der Waals surface area contributed by atoms with Crippen molar-refractivity contribution in [2.45, 2.75) is 6.42 Å². The first-order valence-electron chi connectivity index (χ1n) is 9.30. The number of hydrogen-bond donors (Lipinski definition) is 0. The van der Waals surface area contributed by atoms with Crippen molar-refractivity contribution in [3.05, 3.63) is 76.1 Å². The normalized spacial score (nSPS) is 11.0. The van der Waals surface area contributed by atoms with E-state index in [9.17, 15) is 9.59 Å². The van der Waals surface area contributed by atoms with E-state index in [-0.39, 0.29) is 0 Å². The van der Waals surface area contributed by atoms with Crippen LogP contribution in [-0.2, 0) is 13.5 Å². The number of amides is 1. The maximum absolute atomic E-state index is 13.0. The number of fused-ring (bicyclic) bond motifs is 1. The molecule has 1 aromatic carbocycles. The van der Waals surface area contributed by atoms with Gasteiger partial charge in [-0.2, -0.15) is 0 Å². The minimum atomic E-state index is -0.467. The quantitative estimate of drug-likeness (QED) is 0.504. The lowest BCUT2D eigenvalue weighted by Gasteiger charge is -2.17. The smallest absolute Gasteiger partial charge is 0.327 e. The summed E-state index contributed by atoms with van der Waals surface area (Å²) in [4.78, 5) is 40.2. The van der Waals surface area contributed by atoms with Gasteiger partial charge in [-0.05, 0) is 36.2 Å². The molecule has 4 aromatic rings.